The Kier molecular flexibility index (Phi) is 6.34. The van der Waals surface area contributed by atoms with Crippen LogP contribution in [0.2, 0.25) is 0 Å². The lowest BCUT2D eigenvalue weighted by atomic mass is 10.2. The van der Waals surface area contributed by atoms with Crippen LogP contribution in [0.1, 0.15) is 19.8 Å². The SMILES string of the molecule is CCCOc1ccc(S(=O)(=O)N2C/C(=N\OC)C[C@@H]2C(=O)NO)cc1. The first kappa shape index (κ1) is 19.2. The van der Waals surface area contributed by atoms with Gasteiger partial charge in [-0.05, 0) is 30.7 Å². The third kappa shape index (κ3) is 4.27. The third-order valence-electron chi connectivity index (χ3n) is 3.65. The van der Waals surface area contributed by atoms with Crippen LogP contribution in [0.4, 0.5) is 0 Å². The number of sulfonamides is 1. The van der Waals surface area contributed by atoms with Crippen LogP contribution in [0, 0.1) is 0 Å². The fraction of sp³-hybridized carbons (Fsp3) is 0.467. The molecular weight excluding hydrogens is 350 g/mol. The predicted octanol–water partition coefficient (Wildman–Crippen LogP) is 0.746. The second-order valence-corrected chi connectivity index (χ2v) is 7.30. The molecule has 1 atom stereocenters. The van der Waals surface area contributed by atoms with Gasteiger partial charge in [0.1, 0.15) is 18.9 Å². The summed E-state index contributed by atoms with van der Waals surface area (Å²) in [6, 6.07) is 4.85. The molecule has 25 heavy (non-hydrogen) atoms. The van der Waals surface area contributed by atoms with Crippen molar-refractivity contribution in [2.45, 2.75) is 30.7 Å². The Labute approximate surface area is 146 Å². The van der Waals surface area contributed by atoms with E-state index in [1.165, 1.54) is 24.7 Å². The van der Waals surface area contributed by atoms with Gasteiger partial charge in [-0.2, -0.15) is 4.31 Å². The van der Waals surface area contributed by atoms with Crippen LogP contribution >= 0.6 is 0 Å². The molecule has 2 rings (SSSR count). The summed E-state index contributed by atoms with van der Waals surface area (Å²) in [5, 5.41) is 12.6. The van der Waals surface area contributed by atoms with Gasteiger partial charge >= 0.3 is 0 Å². The summed E-state index contributed by atoms with van der Waals surface area (Å²) in [7, 11) is -2.63. The molecule has 9 nitrogen and oxygen atoms in total. The van der Waals surface area contributed by atoms with Gasteiger partial charge in [0.05, 0.1) is 23.8 Å². The lowest BCUT2D eigenvalue weighted by Crippen LogP contribution is -2.45. The Balaban J connectivity index is 2.29. The molecule has 0 aliphatic carbocycles. The van der Waals surface area contributed by atoms with Gasteiger partial charge in [-0.25, -0.2) is 13.9 Å². The van der Waals surface area contributed by atoms with Gasteiger partial charge in [-0.1, -0.05) is 12.1 Å². The van der Waals surface area contributed by atoms with Crippen molar-refractivity contribution in [3.05, 3.63) is 24.3 Å². The minimum Gasteiger partial charge on any atom is -0.494 e. The lowest BCUT2D eigenvalue weighted by Gasteiger charge is -2.21. The lowest BCUT2D eigenvalue weighted by molar-refractivity contribution is -0.132. The summed E-state index contributed by atoms with van der Waals surface area (Å²) >= 11 is 0. The maximum Gasteiger partial charge on any atom is 0.262 e. The monoisotopic (exact) mass is 371 g/mol. The molecule has 1 aliphatic heterocycles. The van der Waals surface area contributed by atoms with Crippen molar-refractivity contribution in [2.24, 2.45) is 5.16 Å². The fourth-order valence-corrected chi connectivity index (χ4v) is 4.06. The second-order valence-electron chi connectivity index (χ2n) is 5.41. The molecular formula is C15H21N3O6S. The number of amides is 1. The quantitative estimate of drug-likeness (QED) is 0.539. The molecule has 1 amide bonds. The fourth-order valence-electron chi connectivity index (χ4n) is 2.49. The smallest absolute Gasteiger partial charge is 0.262 e. The minimum atomic E-state index is -3.96. The van der Waals surface area contributed by atoms with Gasteiger partial charge < -0.3 is 9.57 Å². The number of carbonyl (C=O) groups excluding carboxylic acids is 1. The van der Waals surface area contributed by atoms with Crippen LogP contribution in [0.25, 0.3) is 0 Å². The first-order valence-corrected chi connectivity index (χ1v) is 9.15. The molecule has 10 heteroatoms. The van der Waals surface area contributed by atoms with E-state index >= 15 is 0 Å². The van der Waals surface area contributed by atoms with E-state index in [4.69, 9.17) is 9.94 Å². The van der Waals surface area contributed by atoms with Crippen LogP contribution in [-0.2, 0) is 19.7 Å². The number of benzene rings is 1. The maximum absolute atomic E-state index is 12.9. The Hall–Kier alpha value is -2.17. The Morgan fingerprint density at radius 1 is 1.40 bits per heavy atom. The van der Waals surface area contributed by atoms with Crippen LogP contribution < -0.4 is 10.2 Å². The van der Waals surface area contributed by atoms with E-state index < -0.39 is 22.0 Å². The molecule has 1 aromatic carbocycles. The van der Waals surface area contributed by atoms with Gasteiger partial charge in [0, 0.05) is 6.42 Å². The van der Waals surface area contributed by atoms with Gasteiger partial charge in [-0.15, -0.1) is 0 Å². The molecule has 1 saturated heterocycles. The molecule has 2 N–H and O–H groups in total. The number of oxime groups is 1. The molecule has 0 unspecified atom stereocenters. The molecule has 1 fully saturated rings. The summed E-state index contributed by atoms with van der Waals surface area (Å²) in [4.78, 5) is 16.5. The first-order chi connectivity index (χ1) is 11.9. The normalized spacial score (nSPS) is 19.8. The van der Waals surface area contributed by atoms with Gasteiger partial charge in [0.2, 0.25) is 10.0 Å². The second kappa shape index (κ2) is 8.28. The van der Waals surface area contributed by atoms with Gasteiger partial charge in [-0.3, -0.25) is 10.0 Å². The number of nitrogens with zero attached hydrogens (tertiary/aromatic N) is 2. The standard InChI is InChI=1S/C15H21N3O6S/c1-3-8-24-12-4-6-13(7-5-12)25(21,22)18-10-11(17-23-2)9-14(18)15(19)16-20/h4-7,14,20H,3,8-10H2,1-2H3,(H,16,19)/b17-11-/t14-/m1/s1. The zero-order valence-electron chi connectivity index (χ0n) is 14.0. The number of hydrogen-bond acceptors (Lipinski definition) is 7. The van der Waals surface area contributed by atoms with Crippen LogP contribution in [0.15, 0.2) is 34.3 Å². The van der Waals surface area contributed by atoms with Crippen molar-refractivity contribution < 1.29 is 28.0 Å². The molecule has 138 valence electrons. The van der Waals surface area contributed by atoms with E-state index in [1.807, 2.05) is 6.92 Å². The average Bonchev–Trinajstić information content (AvgIpc) is 3.05. The molecule has 0 spiro atoms. The number of hydroxylamine groups is 1. The highest BCUT2D eigenvalue weighted by Crippen LogP contribution is 2.26. The molecule has 0 radical (unpaired) electrons. The van der Waals surface area contributed by atoms with E-state index in [-0.39, 0.29) is 17.9 Å². The molecule has 1 aliphatic rings. The van der Waals surface area contributed by atoms with Crippen molar-refractivity contribution >= 4 is 21.6 Å². The number of ether oxygens (including phenoxy) is 1. The van der Waals surface area contributed by atoms with E-state index in [0.717, 1.165) is 10.7 Å². The minimum absolute atomic E-state index is 0.0192. The number of rotatable bonds is 7. The molecule has 1 heterocycles. The summed E-state index contributed by atoms with van der Waals surface area (Å²) in [5.74, 6) is -0.263. The highest BCUT2D eigenvalue weighted by atomic mass is 32.2. The van der Waals surface area contributed by atoms with E-state index in [1.54, 1.807) is 12.1 Å². The van der Waals surface area contributed by atoms with E-state index in [9.17, 15) is 13.2 Å². The van der Waals surface area contributed by atoms with E-state index in [0.29, 0.717) is 18.1 Å². The highest BCUT2D eigenvalue weighted by molar-refractivity contribution is 7.89. The molecule has 0 aromatic heterocycles. The van der Waals surface area contributed by atoms with Crippen LogP contribution in [0.3, 0.4) is 0 Å². The highest BCUT2D eigenvalue weighted by Gasteiger charge is 2.42. The van der Waals surface area contributed by atoms with E-state index in [2.05, 4.69) is 9.99 Å². The average molecular weight is 371 g/mol. The summed E-state index contributed by atoms with van der Waals surface area (Å²) < 4.78 is 32.2. The Morgan fingerprint density at radius 3 is 2.64 bits per heavy atom. The maximum atomic E-state index is 12.9. The van der Waals surface area contributed by atoms with Crippen molar-refractivity contribution in [1.29, 1.82) is 0 Å². The van der Waals surface area contributed by atoms with Crippen LogP contribution in [0.5, 0.6) is 5.75 Å². The van der Waals surface area contributed by atoms with Crippen molar-refractivity contribution in [3.63, 3.8) is 0 Å². The first-order valence-electron chi connectivity index (χ1n) is 7.71. The topological polar surface area (TPSA) is 118 Å². The predicted molar refractivity (Wildman–Crippen MR) is 88.9 cm³/mol. The Morgan fingerprint density at radius 2 is 2.08 bits per heavy atom. The van der Waals surface area contributed by atoms with Crippen LogP contribution in [-0.4, -0.2) is 55.9 Å². The van der Waals surface area contributed by atoms with Crippen molar-refractivity contribution in [1.82, 2.24) is 9.79 Å². The molecule has 1 aromatic rings. The van der Waals surface area contributed by atoms with Crippen molar-refractivity contribution in [3.8, 4) is 5.75 Å². The number of hydrogen-bond donors (Lipinski definition) is 2. The zero-order chi connectivity index (χ0) is 18.4. The Bertz CT molecular complexity index is 732. The summed E-state index contributed by atoms with van der Waals surface area (Å²) in [5.41, 5.74) is 1.89. The summed E-state index contributed by atoms with van der Waals surface area (Å²) in [6.45, 7) is 2.41. The summed E-state index contributed by atoms with van der Waals surface area (Å²) in [6.07, 6.45) is 0.880. The van der Waals surface area contributed by atoms with Gasteiger partial charge in [0.15, 0.2) is 0 Å². The van der Waals surface area contributed by atoms with Gasteiger partial charge in [0.25, 0.3) is 5.91 Å². The zero-order valence-corrected chi connectivity index (χ0v) is 14.8. The number of carbonyl (C=O) groups is 1. The molecule has 0 bridgehead atoms. The third-order valence-corrected chi connectivity index (χ3v) is 5.52. The molecule has 0 saturated carbocycles. The largest absolute Gasteiger partial charge is 0.494 e. The van der Waals surface area contributed by atoms with Crippen molar-refractivity contribution in [2.75, 3.05) is 20.3 Å². The number of nitrogens with one attached hydrogen (secondary N) is 1.